The molecule has 0 unspecified atom stereocenters. The lowest BCUT2D eigenvalue weighted by atomic mass is 10.3. The molecule has 0 spiro atoms. The summed E-state index contributed by atoms with van der Waals surface area (Å²) in [5, 5.41) is 6.60. The van der Waals surface area contributed by atoms with Gasteiger partial charge >= 0.3 is 0 Å². The molecule has 4 heteroatoms. The van der Waals surface area contributed by atoms with Crippen LogP contribution in [0.25, 0.3) is 0 Å². The first kappa shape index (κ1) is 10.5. The molecule has 1 fully saturated rings. The van der Waals surface area contributed by atoms with Gasteiger partial charge in [0.05, 0.1) is 0 Å². The van der Waals surface area contributed by atoms with Gasteiger partial charge in [-0.3, -0.25) is 4.79 Å². The van der Waals surface area contributed by atoms with E-state index in [1.54, 1.807) is 6.92 Å². The smallest absolute Gasteiger partial charge is 0.219 e. The van der Waals surface area contributed by atoms with Crippen LogP contribution in [0.2, 0.25) is 0 Å². The number of amides is 1. The number of nitrogens with zero attached hydrogens (tertiary/aromatic N) is 1. The van der Waals surface area contributed by atoms with Crippen molar-refractivity contribution in [3.05, 3.63) is 0 Å². The molecule has 1 aliphatic heterocycles. The van der Waals surface area contributed by atoms with Crippen LogP contribution in [0, 0.1) is 0 Å². The molecule has 0 aromatic heterocycles. The van der Waals surface area contributed by atoms with Gasteiger partial charge in [0.2, 0.25) is 5.91 Å². The Labute approximate surface area is 79.7 Å². The fourth-order valence-corrected chi connectivity index (χ4v) is 1.46. The summed E-state index contributed by atoms with van der Waals surface area (Å²) >= 11 is 0. The molecule has 1 aliphatic rings. The van der Waals surface area contributed by atoms with Crippen LogP contribution in [0.4, 0.5) is 0 Å². The first-order valence-electron chi connectivity index (χ1n) is 4.97. The minimum Gasteiger partial charge on any atom is -0.342 e. The number of carbonyl (C=O) groups is 1. The van der Waals surface area contributed by atoms with Crippen molar-refractivity contribution in [3.8, 4) is 0 Å². The summed E-state index contributed by atoms with van der Waals surface area (Å²) in [4.78, 5) is 13.0. The molecule has 0 aromatic carbocycles. The molecule has 1 amide bonds. The van der Waals surface area contributed by atoms with Gasteiger partial charge in [0.15, 0.2) is 0 Å². The van der Waals surface area contributed by atoms with Gasteiger partial charge in [0.25, 0.3) is 0 Å². The molecule has 76 valence electrons. The lowest BCUT2D eigenvalue weighted by molar-refractivity contribution is -0.128. The molecule has 0 radical (unpaired) electrons. The molecular weight excluding hydrogens is 166 g/mol. The zero-order valence-electron chi connectivity index (χ0n) is 8.31. The van der Waals surface area contributed by atoms with Gasteiger partial charge in [0, 0.05) is 39.6 Å². The lowest BCUT2D eigenvalue weighted by Gasteiger charge is -2.22. The van der Waals surface area contributed by atoms with Crippen LogP contribution in [-0.2, 0) is 4.79 Å². The van der Waals surface area contributed by atoms with Crippen molar-refractivity contribution < 1.29 is 4.79 Å². The highest BCUT2D eigenvalue weighted by Gasteiger charge is 2.07. The number of carbonyl (C=O) groups excluding carboxylic acids is 1. The van der Waals surface area contributed by atoms with E-state index in [1.165, 1.54) is 0 Å². The molecule has 4 nitrogen and oxygen atoms in total. The molecule has 2 N–H and O–H groups in total. The van der Waals surface area contributed by atoms with Gasteiger partial charge < -0.3 is 15.5 Å². The topological polar surface area (TPSA) is 44.4 Å². The van der Waals surface area contributed by atoms with Crippen molar-refractivity contribution in [1.29, 1.82) is 0 Å². The third kappa shape index (κ3) is 4.24. The second-order valence-corrected chi connectivity index (χ2v) is 3.36. The maximum absolute atomic E-state index is 11.1. The van der Waals surface area contributed by atoms with Crippen LogP contribution in [0.15, 0.2) is 0 Å². The fourth-order valence-electron chi connectivity index (χ4n) is 1.46. The molecule has 13 heavy (non-hydrogen) atoms. The van der Waals surface area contributed by atoms with Gasteiger partial charge in [0.1, 0.15) is 0 Å². The Hall–Kier alpha value is -0.610. The summed E-state index contributed by atoms with van der Waals surface area (Å²) in [5.41, 5.74) is 0. The number of nitrogens with one attached hydrogen (secondary N) is 2. The highest BCUT2D eigenvalue weighted by atomic mass is 16.2. The van der Waals surface area contributed by atoms with E-state index in [-0.39, 0.29) is 5.91 Å². The number of hydrogen-bond donors (Lipinski definition) is 2. The molecule has 0 saturated carbocycles. The van der Waals surface area contributed by atoms with Gasteiger partial charge in [-0.2, -0.15) is 0 Å². The molecule has 0 aliphatic carbocycles. The average molecular weight is 185 g/mol. The van der Waals surface area contributed by atoms with Crippen LogP contribution >= 0.6 is 0 Å². The standard InChI is InChI=1S/C9H19N3O/c1-9(13)12-7-2-3-10-4-5-11-6-8-12/h10-11H,2-8H2,1H3. The highest BCUT2D eigenvalue weighted by molar-refractivity contribution is 5.73. The van der Waals surface area contributed by atoms with Crippen molar-refractivity contribution in [1.82, 2.24) is 15.5 Å². The normalized spacial score (nSPS) is 21.2. The Morgan fingerprint density at radius 2 is 1.77 bits per heavy atom. The third-order valence-corrected chi connectivity index (χ3v) is 2.26. The van der Waals surface area contributed by atoms with Crippen molar-refractivity contribution in [2.24, 2.45) is 0 Å². The Balaban J connectivity index is 2.30. The van der Waals surface area contributed by atoms with E-state index in [0.29, 0.717) is 0 Å². The molecule has 1 rings (SSSR count). The van der Waals surface area contributed by atoms with Crippen LogP contribution in [0.1, 0.15) is 13.3 Å². The quantitative estimate of drug-likeness (QED) is 0.530. The van der Waals surface area contributed by atoms with Crippen molar-refractivity contribution in [3.63, 3.8) is 0 Å². The summed E-state index contributed by atoms with van der Waals surface area (Å²) in [6.07, 6.45) is 1.06. The van der Waals surface area contributed by atoms with Crippen molar-refractivity contribution in [2.75, 3.05) is 39.3 Å². The van der Waals surface area contributed by atoms with Crippen LogP contribution < -0.4 is 10.6 Å². The summed E-state index contributed by atoms with van der Waals surface area (Å²) < 4.78 is 0. The van der Waals surface area contributed by atoms with Crippen LogP contribution in [-0.4, -0.2) is 50.1 Å². The van der Waals surface area contributed by atoms with Crippen LogP contribution in [0.3, 0.4) is 0 Å². The number of hydrogen-bond acceptors (Lipinski definition) is 3. The second kappa shape index (κ2) is 5.94. The van der Waals surface area contributed by atoms with Gasteiger partial charge in [-0.15, -0.1) is 0 Å². The lowest BCUT2D eigenvalue weighted by Crippen LogP contribution is -2.40. The molecule has 0 atom stereocenters. The highest BCUT2D eigenvalue weighted by Crippen LogP contribution is 1.92. The van der Waals surface area contributed by atoms with Crippen LogP contribution in [0.5, 0.6) is 0 Å². The van der Waals surface area contributed by atoms with Gasteiger partial charge in [-0.1, -0.05) is 0 Å². The predicted molar refractivity (Wildman–Crippen MR) is 52.6 cm³/mol. The first-order chi connectivity index (χ1) is 6.30. The Morgan fingerprint density at radius 3 is 2.46 bits per heavy atom. The van der Waals surface area contributed by atoms with Gasteiger partial charge in [-0.05, 0) is 13.0 Å². The van der Waals surface area contributed by atoms with Crippen molar-refractivity contribution >= 4 is 5.91 Å². The van der Waals surface area contributed by atoms with Crippen molar-refractivity contribution in [2.45, 2.75) is 13.3 Å². The maximum Gasteiger partial charge on any atom is 0.219 e. The zero-order chi connectivity index (χ0) is 9.52. The second-order valence-electron chi connectivity index (χ2n) is 3.36. The molecule has 0 aromatic rings. The first-order valence-corrected chi connectivity index (χ1v) is 4.97. The minimum absolute atomic E-state index is 0.183. The third-order valence-electron chi connectivity index (χ3n) is 2.26. The van der Waals surface area contributed by atoms with E-state index in [9.17, 15) is 4.79 Å². The van der Waals surface area contributed by atoms with E-state index in [4.69, 9.17) is 0 Å². The number of rotatable bonds is 0. The largest absolute Gasteiger partial charge is 0.342 e. The fraction of sp³-hybridized carbons (Fsp3) is 0.889. The summed E-state index contributed by atoms with van der Waals surface area (Å²) in [7, 11) is 0. The molecule has 1 heterocycles. The minimum atomic E-state index is 0.183. The SMILES string of the molecule is CC(=O)N1CCCNCCNCC1. The summed E-state index contributed by atoms with van der Waals surface area (Å²) in [6.45, 7) is 7.29. The van der Waals surface area contributed by atoms with E-state index in [1.807, 2.05) is 4.90 Å². The van der Waals surface area contributed by atoms with Gasteiger partial charge in [-0.25, -0.2) is 0 Å². The van der Waals surface area contributed by atoms with E-state index < -0.39 is 0 Å². The zero-order valence-corrected chi connectivity index (χ0v) is 8.31. The molecule has 0 bridgehead atoms. The Kier molecular flexibility index (Phi) is 4.78. The van der Waals surface area contributed by atoms with E-state index in [0.717, 1.165) is 45.7 Å². The van der Waals surface area contributed by atoms with E-state index in [2.05, 4.69) is 10.6 Å². The van der Waals surface area contributed by atoms with E-state index >= 15 is 0 Å². The Morgan fingerprint density at radius 1 is 1.08 bits per heavy atom. The monoisotopic (exact) mass is 185 g/mol. The molecular formula is C9H19N3O. The molecule has 1 saturated heterocycles. The predicted octanol–water partition coefficient (Wildman–Crippen LogP) is -0.582. The summed E-state index contributed by atoms with van der Waals surface area (Å²) in [5.74, 6) is 0.183. The maximum atomic E-state index is 11.1. The Bertz CT molecular complexity index is 151. The summed E-state index contributed by atoms with van der Waals surface area (Å²) in [6, 6.07) is 0. The average Bonchev–Trinajstić information content (AvgIpc) is 2.14.